The Morgan fingerprint density at radius 3 is 2.74 bits per heavy atom. The summed E-state index contributed by atoms with van der Waals surface area (Å²) in [4.78, 5) is 23.0. The number of nitrogens with zero attached hydrogens (tertiary/aromatic N) is 3. The molecule has 0 spiro atoms. The number of nitrogens with two attached hydrogens (primary N) is 1. The molecule has 1 fully saturated rings. The van der Waals surface area contributed by atoms with E-state index < -0.39 is 0 Å². The Bertz CT molecular complexity index is 469. The number of carbonyl (C=O) groups is 1. The molecule has 1 aliphatic rings. The minimum Gasteiger partial charge on any atom is -0.396 e. The fraction of sp³-hybridized carbons (Fsp3) is 0.643. The van der Waals surface area contributed by atoms with Crippen LogP contribution in [0.3, 0.4) is 0 Å². The van der Waals surface area contributed by atoms with E-state index in [0.717, 1.165) is 25.8 Å². The van der Waals surface area contributed by atoms with Gasteiger partial charge in [0, 0.05) is 18.5 Å². The third kappa shape index (κ3) is 3.03. The van der Waals surface area contributed by atoms with Crippen LogP contribution in [0.1, 0.15) is 62.3 Å². The SMILES string of the molecule is CCCN(C(=O)c1nc(C(C)C)ncc1N)C1CC1. The summed E-state index contributed by atoms with van der Waals surface area (Å²) in [7, 11) is 0. The average molecular weight is 262 g/mol. The summed E-state index contributed by atoms with van der Waals surface area (Å²) in [5.41, 5.74) is 6.60. The lowest BCUT2D eigenvalue weighted by molar-refractivity contribution is 0.0738. The Morgan fingerprint density at radius 2 is 2.21 bits per heavy atom. The van der Waals surface area contributed by atoms with Crippen LogP contribution >= 0.6 is 0 Å². The second kappa shape index (κ2) is 5.55. The van der Waals surface area contributed by atoms with Gasteiger partial charge in [0.15, 0.2) is 5.69 Å². The molecule has 1 amide bonds. The van der Waals surface area contributed by atoms with Crippen molar-refractivity contribution in [2.75, 3.05) is 12.3 Å². The van der Waals surface area contributed by atoms with Crippen molar-refractivity contribution in [2.24, 2.45) is 0 Å². The van der Waals surface area contributed by atoms with E-state index in [1.807, 2.05) is 18.7 Å². The molecule has 0 saturated heterocycles. The summed E-state index contributed by atoms with van der Waals surface area (Å²) in [5, 5.41) is 0. The predicted octanol–water partition coefficient (Wildman–Crippen LogP) is 2.20. The Kier molecular flexibility index (Phi) is 4.02. The largest absolute Gasteiger partial charge is 0.396 e. The number of rotatable bonds is 5. The minimum atomic E-state index is -0.0499. The van der Waals surface area contributed by atoms with Gasteiger partial charge in [0.1, 0.15) is 5.82 Å². The zero-order chi connectivity index (χ0) is 14.0. The van der Waals surface area contributed by atoms with Crippen molar-refractivity contribution in [3.63, 3.8) is 0 Å². The van der Waals surface area contributed by atoms with Gasteiger partial charge in [0.2, 0.25) is 0 Å². The maximum Gasteiger partial charge on any atom is 0.274 e. The van der Waals surface area contributed by atoms with Crippen molar-refractivity contribution in [1.29, 1.82) is 0 Å². The van der Waals surface area contributed by atoms with Gasteiger partial charge in [0.25, 0.3) is 5.91 Å². The summed E-state index contributed by atoms with van der Waals surface area (Å²) < 4.78 is 0. The molecule has 104 valence electrons. The molecule has 0 atom stereocenters. The molecular formula is C14H22N4O. The zero-order valence-corrected chi connectivity index (χ0v) is 11.9. The second-order valence-corrected chi connectivity index (χ2v) is 5.42. The summed E-state index contributed by atoms with van der Waals surface area (Å²) >= 11 is 0. The van der Waals surface area contributed by atoms with E-state index in [-0.39, 0.29) is 11.8 Å². The number of anilines is 1. The Hall–Kier alpha value is -1.65. The molecule has 2 rings (SSSR count). The first-order valence-corrected chi connectivity index (χ1v) is 6.98. The van der Waals surface area contributed by atoms with Crippen LogP contribution in [0.15, 0.2) is 6.20 Å². The predicted molar refractivity (Wildman–Crippen MR) is 74.9 cm³/mol. The summed E-state index contributed by atoms with van der Waals surface area (Å²) in [5.74, 6) is 0.809. The molecular weight excluding hydrogens is 240 g/mol. The van der Waals surface area contributed by atoms with Gasteiger partial charge in [-0.3, -0.25) is 4.79 Å². The smallest absolute Gasteiger partial charge is 0.274 e. The van der Waals surface area contributed by atoms with Crippen LogP contribution in [0.4, 0.5) is 5.69 Å². The molecule has 5 heteroatoms. The van der Waals surface area contributed by atoms with Crippen molar-refractivity contribution >= 4 is 11.6 Å². The van der Waals surface area contributed by atoms with Crippen LogP contribution in [0.25, 0.3) is 0 Å². The monoisotopic (exact) mass is 262 g/mol. The molecule has 1 aliphatic carbocycles. The molecule has 1 aromatic heterocycles. The van der Waals surface area contributed by atoms with E-state index in [1.54, 1.807) is 6.20 Å². The summed E-state index contributed by atoms with van der Waals surface area (Å²) in [6, 6.07) is 0.379. The maximum atomic E-state index is 12.6. The molecule has 2 N–H and O–H groups in total. The Morgan fingerprint density at radius 1 is 1.53 bits per heavy atom. The highest BCUT2D eigenvalue weighted by molar-refractivity contribution is 5.97. The number of hydrogen-bond acceptors (Lipinski definition) is 4. The van der Waals surface area contributed by atoms with Gasteiger partial charge in [0.05, 0.1) is 11.9 Å². The minimum absolute atomic E-state index is 0.0499. The topological polar surface area (TPSA) is 72.1 Å². The maximum absolute atomic E-state index is 12.6. The zero-order valence-electron chi connectivity index (χ0n) is 11.9. The van der Waals surface area contributed by atoms with Crippen LogP contribution in [-0.2, 0) is 0 Å². The highest BCUT2D eigenvalue weighted by Gasteiger charge is 2.33. The number of aromatic nitrogens is 2. The molecule has 0 bridgehead atoms. The molecule has 1 heterocycles. The lowest BCUT2D eigenvalue weighted by atomic mass is 10.2. The highest BCUT2D eigenvalue weighted by Crippen LogP contribution is 2.29. The van der Waals surface area contributed by atoms with E-state index in [0.29, 0.717) is 23.2 Å². The number of carbonyl (C=O) groups excluding carboxylic acids is 1. The molecule has 0 aromatic carbocycles. The highest BCUT2D eigenvalue weighted by atomic mass is 16.2. The molecule has 0 unspecified atom stereocenters. The van der Waals surface area contributed by atoms with Gasteiger partial charge in [-0.1, -0.05) is 20.8 Å². The third-order valence-corrected chi connectivity index (χ3v) is 3.27. The first kappa shape index (κ1) is 13.8. The molecule has 5 nitrogen and oxygen atoms in total. The van der Waals surface area contributed by atoms with Crippen LogP contribution in [0.2, 0.25) is 0 Å². The van der Waals surface area contributed by atoms with Crippen molar-refractivity contribution in [3.05, 3.63) is 17.7 Å². The van der Waals surface area contributed by atoms with Gasteiger partial charge in [-0.05, 0) is 19.3 Å². The fourth-order valence-electron chi connectivity index (χ4n) is 2.07. The Labute approximate surface area is 114 Å². The fourth-order valence-corrected chi connectivity index (χ4v) is 2.07. The molecule has 0 radical (unpaired) electrons. The van der Waals surface area contributed by atoms with Gasteiger partial charge in [-0.15, -0.1) is 0 Å². The molecule has 19 heavy (non-hydrogen) atoms. The van der Waals surface area contributed by atoms with Crippen LogP contribution in [-0.4, -0.2) is 33.4 Å². The number of nitrogen functional groups attached to an aromatic ring is 1. The van der Waals surface area contributed by atoms with Crippen molar-refractivity contribution in [3.8, 4) is 0 Å². The average Bonchev–Trinajstić information content (AvgIpc) is 3.19. The van der Waals surface area contributed by atoms with Gasteiger partial charge in [-0.2, -0.15) is 0 Å². The van der Waals surface area contributed by atoms with E-state index >= 15 is 0 Å². The van der Waals surface area contributed by atoms with Crippen LogP contribution in [0.5, 0.6) is 0 Å². The normalized spacial score (nSPS) is 14.7. The third-order valence-electron chi connectivity index (χ3n) is 3.27. The second-order valence-electron chi connectivity index (χ2n) is 5.42. The molecule has 0 aliphatic heterocycles. The molecule has 1 aromatic rings. The van der Waals surface area contributed by atoms with Crippen molar-refractivity contribution in [2.45, 2.75) is 52.0 Å². The van der Waals surface area contributed by atoms with E-state index in [4.69, 9.17) is 5.73 Å². The lowest BCUT2D eigenvalue weighted by Gasteiger charge is -2.22. The van der Waals surface area contributed by atoms with Gasteiger partial charge >= 0.3 is 0 Å². The number of hydrogen-bond donors (Lipinski definition) is 1. The van der Waals surface area contributed by atoms with Crippen molar-refractivity contribution < 1.29 is 4.79 Å². The van der Waals surface area contributed by atoms with E-state index in [1.165, 1.54) is 0 Å². The first-order chi connectivity index (χ1) is 9.04. The number of amides is 1. The lowest BCUT2D eigenvalue weighted by Crippen LogP contribution is -2.35. The molecule has 1 saturated carbocycles. The Balaban J connectivity index is 2.28. The summed E-state index contributed by atoms with van der Waals surface area (Å²) in [6.45, 7) is 6.85. The quantitative estimate of drug-likeness (QED) is 0.883. The van der Waals surface area contributed by atoms with Gasteiger partial charge in [-0.25, -0.2) is 9.97 Å². The van der Waals surface area contributed by atoms with E-state index in [9.17, 15) is 4.79 Å². The standard InChI is InChI=1S/C14H22N4O/c1-4-7-18(10-5-6-10)14(19)12-11(15)8-16-13(17-12)9(2)3/h8-10H,4-7,15H2,1-3H3. The summed E-state index contributed by atoms with van der Waals surface area (Å²) in [6.07, 6.45) is 4.68. The van der Waals surface area contributed by atoms with E-state index in [2.05, 4.69) is 16.9 Å². The van der Waals surface area contributed by atoms with Gasteiger partial charge < -0.3 is 10.6 Å². The van der Waals surface area contributed by atoms with Crippen LogP contribution in [0, 0.1) is 0 Å². The first-order valence-electron chi connectivity index (χ1n) is 6.98. The van der Waals surface area contributed by atoms with Crippen molar-refractivity contribution in [1.82, 2.24) is 14.9 Å². The van der Waals surface area contributed by atoms with Crippen LogP contribution < -0.4 is 5.73 Å².